The Balaban J connectivity index is 2.22. The fourth-order valence-electron chi connectivity index (χ4n) is 1.72. The number of hydrogen-bond donors (Lipinski definition) is 2. The molecule has 0 radical (unpaired) electrons. The number of carbonyl (C=O) groups excluding carboxylic acids is 1. The van der Waals surface area contributed by atoms with Crippen LogP contribution in [0, 0.1) is 0 Å². The third kappa shape index (κ3) is 3.34. The quantitative estimate of drug-likeness (QED) is 0.475. The summed E-state index contributed by atoms with van der Waals surface area (Å²) in [6, 6.07) is 7.08. The molecule has 8 heteroatoms. The van der Waals surface area contributed by atoms with Crippen molar-refractivity contribution in [1.82, 2.24) is 5.43 Å². The maximum Gasteiger partial charge on any atom is 0.346 e. The van der Waals surface area contributed by atoms with E-state index in [1.165, 1.54) is 0 Å². The van der Waals surface area contributed by atoms with Crippen LogP contribution in [-0.4, -0.2) is 30.6 Å². The smallest absolute Gasteiger partial charge is 0.346 e. The van der Waals surface area contributed by atoms with Gasteiger partial charge in [0.1, 0.15) is 10.7 Å². The Bertz CT molecular complexity index is 653. The summed E-state index contributed by atoms with van der Waals surface area (Å²) in [6.07, 6.45) is 0. The number of esters is 1. The van der Waals surface area contributed by atoms with Crippen LogP contribution < -0.4 is 15.9 Å². The van der Waals surface area contributed by atoms with Crippen molar-refractivity contribution >= 4 is 29.1 Å². The van der Waals surface area contributed by atoms with Gasteiger partial charge >= 0.3 is 5.97 Å². The van der Waals surface area contributed by atoms with Gasteiger partial charge in [0.25, 0.3) is 0 Å². The van der Waals surface area contributed by atoms with Gasteiger partial charge in [0, 0.05) is 5.56 Å². The average molecular weight is 321 g/mol. The zero-order valence-corrected chi connectivity index (χ0v) is 12.9. The Morgan fingerprint density at radius 2 is 2.09 bits per heavy atom. The molecular weight excluding hydrogens is 306 g/mol. The highest BCUT2D eigenvalue weighted by molar-refractivity contribution is 7.80. The van der Waals surface area contributed by atoms with Crippen LogP contribution in [0.3, 0.4) is 0 Å². The van der Waals surface area contributed by atoms with Gasteiger partial charge in [0.2, 0.25) is 11.8 Å². The molecule has 0 aliphatic carbocycles. The van der Waals surface area contributed by atoms with E-state index in [0.29, 0.717) is 11.3 Å². The molecule has 0 bridgehead atoms. The summed E-state index contributed by atoms with van der Waals surface area (Å²) >= 11 is 4.86. The molecule has 1 aromatic rings. The van der Waals surface area contributed by atoms with Crippen LogP contribution in [0.2, 0.25) is 0 Å². The van der Waals surface area contributed by atoms with Crippen LogP contribution in [0.25, 0.3) is 0 Å². The number of nitrogens with one attached hydrogen (secondary N) is 1. The van der Waals surface area contributed by atoms with Gasteiger partial charge in [-0.3, -0.25) is 0 Å². The van der Waals surface area contributed by atoms with Crippen molar-refractivity contribution < 1.29 is 19.0 Å². The summed E-state index contributed by atoms with van der Waals surface area (Å²) in [6.45, 7) is 1.88. The van der Waals surface area contributed by atoms with Crippen LogP contribution in [0.4, 0.5) is 0 Å². The molecule has 0 atom stereocenters. The molecule has 1 aromatic carbocycles. The minimum atomic E-state index is -0.663. The molecule has 22 heavy (non-hydrogen) atoms. The van der Waals surface area contributed by atoms with E-state index in [4.69, 9.17) is 32.2 Å². The average Bonchev–Trinajstić information content (AvgIpc) is 2.97. The van der Waals surface area contributed by atoms with E-state index in [0.717, 1.165) is 0 Å². The van der Waals surface area contributed by atoms with Crippen LogP contribution in [-0.2, 0) is 14.3 Å². The number of carbonyl (C=O) groups is 1. The second-order valence-electron chi connectivity index (χ2n) is 4.15. The molecule has 0 amide bonds. The first-order chi connectivity index (χ1) is 10.6. The van der Waals surface area contributed by atoms with Crippen molar-refractivity contribution in [3.63, 3.8) is 0 Å². The van der Waals surface area contributed by atoms with E-state index in [-0.39, 0.29) is 28.9 Å². The Labute approximate surface area is 132 Å². The van der Waals surface area contributed by atoms with E-state index < -0.39 is 5.97 Å². The van der Waals surface area contributed by atoms with Gasteiger partial charge in [-0.1, -0.05) is 12.2 Å². The molecule has 1 aliphatic rings. The lowest BCUT2D eigenvalue weighted by molar-refractivity contribution is -0.138. The summed E-state index contributed by atoms with van der Waals surface area (Å²) in [5.74, 6) is 0.387. The van der Waals surface area contributed by atoms with Crippen LogP contribution in [0.15, 0.2) is 40.8 Å². The number of methoxy groups -OCH3 is 1. The second kappa shape index (κ2) is 6.90. The predicted molar refractivity (Wildman–Crippen MR) is 84.2 cm³/mol. The summed E-state index contributed by atoms with van der Waals surface area (Å²) in [5, 5.41) is 4.01. The van der Waals surface area contributed by atoms with Crippen LogP contribution in [0.5, 0.6) is 5.75 Å². The second-order valence-corrected chi connectivity index (χ2v) is 4.59. The summed E-state index contributed by atoms with van der Waals surface area (Å²) in [7, 11) is 1.58. The summed E-state index contributed by atoms with van der Waals surface area (Å²) in [5.41, 5.74) is 8.81. The third-order valence-corrected chi connectivity index (χ3v) is 2.95. The SMILES string of the molecule is CCOC(=O)C(C(N)=S)=C1NN=C(c2ccc(OC)cc2)O1. The zero-order chi connectivity index (χ0) is 16.1. The fourth-order valence-corrected chi connectivity index (χ4v) is 1.89. The topological polar surface area (TPSA) is 95.2 Å². The van der Waals surface area contributed by atoms with E-state index in [2.05, 4.69) is 10.5 Å². The van der Waals surface area contributed by atoms with Gasteiger partial charge in [0.05, 0.1) is 13.7 Å². The first kappa shape index (κ1) is 15.8. The molecule has 2 rings (SSSR count). The highest BCUT2D eigenvalue weighted by Gasteiger charge is 2.26. The molecule has 116 valence electrons. The highest BCUT2D eigenvalue weighted by atomic mass is 32.1. The molecule has 0 aromatic heterocycles. The number of hydrazone groups is 1. The van der Waals surface area contributed by atoms with Crippen molar-refractivity contribution in [3.8, 4) is 5.75 Å². The number of thiocarbonyl (C=S) groups is 1. The molecule has 0 fully saturated rings. The fraction of sp³-hybridized carbons (Fsp3) is 0.214. The largest absolute Gasteiger partial charge is 0.497 e. The van der Waals surface area contributed by atoms with Crippen molar-refractivity contribution in [1.29, 1.82) is 0 Å². The van der Waals surface area contributed by atoms with E-state index in [1.807, 2.05) is 0 Å². The Morgan fingerprint density at radius 3 is 2.64 bits per heavy atom. The molecule has 1 aliphatic heterocycles. The Kier molecular flexibility index (Phi) is 4.95. The van der Waals surface area contributed by atoms with Crippen molar-refractivity contribution in [2.45, 2.75) is 6.92 Å². The summed E-state index contributed by atoms with van der Waals surface area (Å²) < 4.78 is 15.5. The Morgan fingerprint density at radius 1 is 1.41 bits per heavy atom. The normalized spacial score (nSPS) is 15.3. The van der Waals surface area contributed by atoms with E-state index in [9.17, 15) is 4.79 Å². The number of hydrogen-bond acceptors (Lipinski definition) is 7. The molecule has 1 heterocycles. The van der Waals surface area contributed by atoms with E-state index >= 15 is 0 Å². The number of benzene rings is 1. The van der Waals surface area contributed by atoms with Gasteiger partial charge in [0.15, 0.2) is 5.57 Å². The van der Waals surface area contributed by atoms with Gasteiger partial charge in [-0.15, -0.1) is 5.10 Å². The zero-order valence-electron chi connectivity index (χ0n) is 12.1. The lowest BCUT2D eigenvalue weighted by Crippen LogP contribution is -2.25. The van der Waals surface area contributed by atoms with Crippen LogP contribution >= 0.6 is 12.2 Å². The molecule has 0 unspecified atom stereocenters. The molecule has 0 spiro atoms. The number of ether oxygens (including phenoxy) is 3. The van der Waals surface area contributed by atoms with E-state index in [1.54, 1.807) is 38.3 Å². The number of rotatable bonds is 5. The third-order valence-electron chi connectivity index (χ3n) is 2.75. The van der Waals surface area contributed by atoms with Gasteiger partial charge in [-0.25, -0.2) is 10.2 Å². The number of nitrogens with two attached hydrogens (primary N) is 1. The van der Waals surface area contributed by atoms with Crippen LogP contribution in [0.1, 0.15) is 12.5 Å². The molecule has 0 saturated carbocycles. The molecule has 3 N–H and O–H groups in total. The van der Waals surface area contributed by atoms with Crippen molar-refractivity contribution in [3.05, 3.63) is 41.3 Å². The minimum Gasteiger partial charge on any atom is -0.497 e. The lowest BCUT2D eigenvalue weighted by Gasteiger charge is -2.08. The lowest BCUT2D eigenvalue weighted by atomic mass is 10.2. The van der Waals surface area contributed by atoms with Gasteiger partial charge in [-0.05, 0) is 31.2 Å². The predicted octanol–water partition coefficient (Wildman–Crippen LogP) is 1.04. The van der Waals surface area contributed by atoms with Gasteiger partial charge in [-0.2, -0.15) is 0 Å². The summed E-state index contributed by atoms with van der Waals surface area (Å²) in [4.78, 5) is 11.7. The molecule has 7 nitrogen and oxygen atoms in total. The Hall–Kier alpha value is -2.61. The maximum absolute atomic E-state index is 11.9. The number of nitrogens with zero attached hydrogens (tertiary/aromatic N) is 1. The van der Waals surface area contributed by atoms with Gasteiger partial charge < -0.3 is 19.9 Å². The monoisotopic (exact) mass is 321 g/mol. The minimum absolute atomic E-state index is 0.0517. The molecular formula is C14H15N3O4S. The van der Waals surface area contributed by atoms with Crippen molar-refractivity contribution in [2.75, 3.05) is 13.7 Å². The maximum atomic E-state index is 11.9. The standard InChI is InChI=1S/C14H15N3O4S/c1-3-20-14(18)10(11(15)22)13-17-16-12(21-13)8-4-6-9(19-2)7-5-8/h4-7,17H,3H2,1-2H3,(H2,15,22). The first-order valence-corrected chi connectivity index (χ1v) is 6.84. The van der Waals surface area contributed by atoms with Crippen molar-refractivity contribution in [2.24, 2.45) is 10.8 Å². The highest BCUT2D eigenvalue weighted by Crippen LogP contribution is 2.18. The first-order valence-electron chi connectivity index (χ1n) is 6.44. The molecule has 0 saturated heterocycles.